The van der Waals surface area contributed by atoms with Crippen LogP contribution in [-0.4, -0.2) is 47.8 Å². The molecular weight excluding hydrogens is 231 g/mol. The van der Waals surface area contributed by atoms with Crippen molar-refractivity contribution in [2.24, 2.45) is 0 Å². The van der Waals surface area contributed by atoms with Crippen LogP contribution < -0.4 is 0 Å². The lowest BCUT2D eigenvalue weighted by atomic mass is 10.1. The summed E-state index contributed by atoms with van der Waals surface area (Å²) in [6.45, 7) is 0.0789. The number of halogens is 1. The van der Waals surface area contributed by atoms with Crippen molar-refractivity contribution in [3.05, 3.63) is 0 Å². The number of piperidine rings is 1. The highest BCUT2D eigenvalue weighted by Gasteiger charge is 2.47. The van der Waals surface area contributed by atoms with Crippen molar-refractivity contribution in [1.82, 2.24) is 9.96 Å². The molecular formula is C6H9FN2O5S. The summed E-state index contributed by atoms with van der Waals surface area (Å²) in [6, 6.07) is -1.39. The molecule has 9 heteroatoms. The number of rotatable bonds is 2. The van der Waals surface area contributed by atoms with Gasteiger partial charge in [0.2, 0.25) is 0 Å². The van der Waals surface area contributed by atoms with Crippen LogP contribution >= 0.6 is 0 Å². The van der Waals surface area contributed by atoms with E-state index >= 15 is 0 Å². The van der Waals surface area contributed by atoms with E-state index in [4.69, 9.17) is 4.55 Å². The van der Waals surface area contributed by atoms with Crippen molar-refractivity contribution in [2.75, 3.05) is 6.54 Å². The molecule has 2 saturated heterocycles. The summed E-state index contributed by atoms with van der Waals surface area (Å²) in [6.07, 6.45) is -0.968. The van der Waals surface area contributed by atoms with E-state index in [0.29, 0.717) is 11.5 Å². The predicted molar refractivity (Wildman–Crippen MR) is 44.5 cm³/mol. The molecule has 7 nitrogen and oxygen atoms in total. The lowest BCUT2D eigenvalue weighted by molar-refractivity contribution is -0.0319. The smallest absolute Gasteiger partial charge is 0.290 e. The fourth-order valence-corrected chi connectivity index (χ4v) is 2.17. The molecule has 2 fully saturated rings. The Morgan fingerprint density at radius 2 is 2.13 bits per heavy atom. The molecule has 0 aliphatic carbocycles. The maximum atomic E-state index is 13.1. The third-order valence-electron chi connectivity index (χ3n) is 2.42. The number of hydrogen-bond acceptors (Lipinski definition) is 4. The van der Waals surface area contributed by atoms with Crippen molar-refractivity contribution in [1.29, 1.82) is 0 Å². The monoisotopic (exact) mass is 240 g/mol. The van der Waals surface area contributed by atoms with Gasteiger partial charge in [-0.25, -0.2) is 9.18 Å². The Hall–Kier alpha value is -0.930. The Kier molecular flexibility index (Phi) is 2.32. The first-order chi connectivity index (χ1) is 6.88. The number of carbonyl (C=O) groups is 1. The largest absolute Gasteiger partial charge is 0.418 e. The minimum Gasteiger partial charge on any atom is -0.290 e. The number of fused-ring (bicyclic) bond motifs is 2. The van der Waals surface area contributed by atoms with Crippen LogP contribution in [0.15, 0.2) is 0 Å². The van der Waals surface area contributed by atoms with Gasteiger partial charge in [0, 0.05) is 6.54 Å². The number of hydroxylamine groups is 2. The summed E-state index contributed by atoms with van der Waals surface area (Å²) in [7, 11) is -4.74. The maximum absolute atomic E-state index is 13.1. The number of carbonyl (C=O) groups excluding carboxylic acids is 1. The van der Waals surface area contributed by atoms with Gasteiger partial charge in [-0.1, -0.05) is 0 Å². The Bertz CT molecular complexity index is 385. The van der Waals surface area contributed by atoms with E-state index in [1.165, 1.54) is 0 Å². The highest BCUT2D eigenvalue weighted by Crippen LogP contribution is 2.30. The Balaban J connectivity index is 2.18. The molecule has 2 amide bonds. The van der Waals surface area contributed by atoms with Gasteiger partial charge >= 0.3 is 16.4 Å². The van der Waals surface area contributed by atoms with Crippen molar-refractivity contribution >= 4 is 16.4 Å². The van der Waals surface area contributed by atoms with E-state index in [-0.39, 0.29) is 13.0 Å². The van der Waals surface area contributed by atoms with Gasteiger partial charge in [0.05, 0.1) is 6.04 Å². The molecule has 1 N–H and O–H groups in total. The minimum absolute atomic E-state index is 0.0789. The number of nitrogens with zero attached hydrogens (tertiary/aromatic N) is 2. The van der Waals surface area contributed by atoms with Gasteiger partial charge in [-0.05, 0) is 12.8 Å². The van der Waals surface area contributed by atoms with Crippen LogP contribution in [0.2, 0.25) is 0 Å². The summed E-state index contributed by atoms with van der Waals surface area (Å²) >= 11 is 0. The quantitative estimate of drug-likeness (QED) is 0.538. The molecule has 2 bridgehead atoms. The van der Waals surface area contributed by atoms with Gasteiger partial charge in [-0.3, -0.25) is 9.45 Å². The van der Waals surface area contributed by atoms with Gasteiger partial charge in [0.15, 0.2) is 6.30 Å². The average Bonchev–Trinajstić information content (AvgIpc) is 2.35. The first kappa shape index (κ1) is 10.6. The fraction of sp³-hybridized carbons (Fsp3) is 0.833. The second-order valence-corrected chi connectivity index (χ2v) is 4.43. The molecule has 0 unspecified atom stereocenters. The lowest BCUT2D eigenvalue weighted by Gasteiger charge is -2.23. The highest BCUT2D eigenvalue weighted by molar-refractivity contribution is 7.80. The molecule has 0 spiro atoms. The summed E-state index contributed by atoms with van der Waals surface area (Å²) in [5.74, 6) is 0. The summed E-state index contributed by atoms with van der Waals surface area (Å²) in [4.78, 5) is 12.3. The van der Waals surface area contributed by atoms with E-state index in [1.54, 1.807) is 0 Å². The maximum Gasteiger partial charge on any atom is 0.418 e. The van der Waals surface area contributed by atoms with E-state index in [0.717, 1.165) is 4.90 Å². The number of urea groups is 1. The predicted octanol–water partition coefficient (Wildman–Crippen LogP) is -0.0836. The van der Waals surface area contributed by atoms with Crippen LogP contribution in [0.25, 0.3) is 0 Å². The van der Waals surface area contributed by atoms with E-state index in [2.05, 4.69) is 4.28 Å². The summed E-state index contributed by atoms with van der Waals surface area (Å²) < 4.78 is 46.5. The molecule has 0 aromatic heterocycles. The summed E-state index contributed by atoms with van der Waals surface area (Å²) in [5.41, 5.74) is 0. The van der Waals surface area contributed by atoms with Crippen LogP contribution in [0.4, 0.5) is 9.18 Å². The Labute approximate surface area is 85.3 Å². The molecule has 0 aromatic rings. The molecule has 86 valence electrons. The third kappa shape index (κ3) is 1.90. The molecule has 2 rings (SSSR count). The van der Waals surface area contributed by atoms with Gasteiger partial charge < -0.3 is 0 Å². The highest BCUT2D eigenvalue weighted by atomic mass is 32.3. The van der Waals surface area contributed by atoms with Gasteiger partial charge in [0.25, 0.3) is 0 Å². The average molecular weight is 240 g/mol. The Morgan fingerprint density at radius 1 is 1.47 bits per heavy atom. The Morgan fingerprint density at radius 3 is 2.67 bits per heavy atom. The lowest BCUT2D eigenvalue weighted by Crippen LogP contribution is -2.37. The van der Waals surface area contributed by atoms with Crippen LogP contribution in [0.1, 0.15) is 12.8 Å². The molecule has 2 aliphatic heterocycles. The van der Waals surface area contributed by atoms with Gasteiger partial charge in [-0.2, -0.15) is 13.5 Å². The number of hydrogen-bond donors (Lipinski definition) is 1. The summed E-state index contributed by atoms with van der Waals surface area (Å²) in [5, 5.41) is 0.509. The molecule has 2 heterocycles. The first-order valence-corrected chi connectivity index (χ1v) is 5.66. The van der Waals surface area contributed by atoms with Crippen LogP contribution in [0.5, 0.6) is 0 Å². The van der Waals surface area contributed by atoms with Crippen molar-refractivity contribution in [3.8, 4) is 0 Å². The normalized spacial score (nSPS) is 31.2. The number of alkyl halides is 1. The number of amides is 2. The van der Waals surface area contributed by atoms with Crippen molar-refractivity contribution in [3.63, 3.8) is 0 Å². The van der Waals surface area contributed by atoms with Crippen molar-refractivity contribution in [2.45, 2.75) is 25.2 Å². The zero-order chi connectivity index (χ0) is 11.2. The topological polar surface area (TPSA) is 87.2 Å². The standard InChI is InChI=1S/C6H9FN2O5S/c7-5-2-1-4-3-8(5)6(10)9(4)14-15(11,12)13/h4-5H,1-3H2,(H,11,12,13)/t4-,5-/m1/s1. The molecule has 2 atom stereocenters. The zero-order valence-corrected chi connectivity index (χ0v) is 8.35. The molecule has 2 aliphatic rings. The first-order valence-electron chi connectivity index (χ1n) is 4.29. The van der Waals surface area contributed by atoms with E-state index in [1.807, 2.05) is 0 Å². The second-order valence-electron chi connectivity index (χ2n) is 3.43. The zero-order valence-electron chi connectivity index (χ0n) is 7.54. The molecule has 0 saturated carbocycles. The van der Waals surface area contributed by atoms with E-state index in [9.17, 15) is 17.6 Å². The van der Waals surface area contributed by atoms with Crippen LogP contribution in [0, 0.1) is 0 Å². The van der Waals surface area contributed by atoms with Gasteiger partial charge in [0.1, 0.15) is 0 Å². The van der Waals surface area contributed by atoms with Crippen LogP contribution in [0.3, 0.4) is 0 Å². The fourth-order valence-electron chi connectivity index (χ4n) is 1.78. The molecule has 0 radical (unpaired) electrons. The van der Waals surface area contributed by atoms with Crippen molar-refractivity contribution < 1.29 is 26.4 Å². The molecule has 15 heavy (non-hydrogen) atoms. The third-order valence-corrected chi connectivity index (χ3v) is 2.77. The SMILES string of the molecule is O=C1N2C[C@@H](CC[C@@H]2F)N1OS(=O)(=O)O. The van der Waals surface area contributed by atoms with Gasteiger partial charge in [-0.15, -0.1) is 4.28 Å². The van der Waals surface area contributed by atoms with E-state index < -0.39 is 28.8 Å². The minimum atomic E-state index is -4.74. The molecule has 0 aromatic carbocycles. The second kappa shape index (κ2) is 3.29. The van der Waals surface area contributed by atoms with Crippen LogP contribution in [-0.2, 0) is 14.7 Å².